The van der Waals surface area contributed by atoms with E-state index in [2.05, 4.69) is 5.32 Å². The van der Waals surface area contributed by atoms with Gasteiger partial charge in [0, 0.05) is 17.1 Å². The molecular formula is C22H30Cl2N2O3. The van der Waals surface area contributed by atoms with Crippen molar-refractivity contribution in [2.75, 3.05) is 13.2 Å². The summed E-state index contributed by atoms with van der Waals surface area (Å²) in [5.74, 6) is 1.11. The van der Waals surface area contributed by atoms with Crippen molar-refractivity contribution in [2.45, 2.75) is 64.5 Å². The van der Waals surface area contributed by atoms with Crippen LogP contribution in [-0.2, 0) is 9.59 Å². The molecule has 3 rings (SSSR count). The Morgan fingerprint density at radius 2 is 1.86 bits per heavy atom. The minimum absolute atomic E-state index is 0.0839. The van der Waals surface area contributed by atoms with Gasteiger partial charge in [0.15, 0.2) is 6.61 Å². The van der Waals surface area contributed by atoms with Crippen LogP contribution >= 0.6 is 23.2 Å². The molecule has 3 atom stereocenters. The zero-order chi connectivity index (χ0) is 21.2. The summed E-state index contributed by atoms with van der Waals surface area (Å²) in [5.41, 5.74) is -0.345. The molecule has 2 aliphatic rings. The molecule has 1 saturated carbocycles. The first-order valence-electron chi connectivity index (χ1n) is 10.3. The summed E-state index contributed by atoms with van der Waals surface area (Å²) in [6.07, 6.45) is 5.38. The maximum absolute atomic E-state index is 13.1. The molecule has 1 aliphatic heterocycles. The number of amides is 2. The van der Waals surface area contributed by atoms with Gasteiger partial charge in [0.05, 0.1) is 5.02 Å². The van der Waals surface area contributed by atoms with Crippen LogP contribution in [0.4, 0.5) is 0 Å². The van der Waals surface area contributed by atoms with Crippen molar-refractivity contribution in [1.82, 2.24) is 10.2 Å². The molecule has 1 heterocycles. The summed E-state index contributed by atoms with van der Waals surface area (Å²) in [5, 5.41) is 3.91. The highest BCUT2D eigenvalue weighted by Gasteiger charge is 2.42. The number of rotatable bonds is 4. The molecule has 0 spiro atoms. The Kier molecular flexibility index (Phi) is 7.00. The highest BCUT2D eigenvalue weighted by molar-refractivity contribution is 6.35. The second-order valence-corrected chi connectivity index (χ2v) is 10.0. The third-order valence-electron chi connectivity index (χ3n) is 5.77. The number of carbonyl (C=O) groups is 2. The third kappa shape index (κ3) is 5.79. The van der Waals surface area contributed by atoms with E-state index in [0.29, 0.717) is 34.2 Å². The number of carbonyl (C=O) groups excluding carboxylic acids is 2. The van der Waals surface area contributed by atoms with Crippen molar-refractivity contribution in [3.8, 4) is 5.75 Å². The number of nitrogens with one attached hydrogen (secondary N) is 1. The Morgan fingerprint density at radius 3 is 2.52 bits per heavy atom. The molecule has 1 N–H and O–H groups in total. The number of halogens is 2. The van der Waals surface area contributed by atoms with Crippen molar-refractivity contribution in [3.05, 3.63) is 28.2 Å². The molecule has 0 radical (unpaired) electrons. The van der Waals surface area contributed by atoms with E-state index in [4.69, 9.17) is 27.9 Å². The average molecular weight is 441 g/mol. The molecule has 2 amide bonds. The van der Waals surface area contributed by atoms with Gasteiger partial charge in [-0.2, -0.15) is 0 Å². The number of likely N-dealkylation sites (tertiary alicyclic amines) is 1. The van der Waals surface area contributed by atoms with E-state index in [-0.39, 0.29) is 24.0 Å². The molecule has 1 aliphatic carbocycles. The predicted molar refractivity (Wildman–Crippen MR) is 115 cm³/mol. The van der Waals surface area contributed by atoms with Crippen molar-refractivity contribution in [3.63, 3.8) is 0 Å². The van der Waals surface area contributed by atoms with E-state index >= 15 is 0 Å². The molecule has 1 aromatic rings. The average Bonchev–Trinajstić information content (AvgIpc) is 2.64. The first kappa shape index (κ1) is 22.2. The van der Waals surface area contributed by atoms with E-state index in [9.17, 15) is 9.59 Å². The fourth-order valence-corrected chi connectivity index (χ4v) is 4.88. The standard InChI is InChI=1S/C22H30Cl2N2O3/c1-22(2,3)25-21(28)18-10-14-6-4-5-7-15(14)12-26(18)20(27)13-29-19-9-8-16(23)11-17(19)24/h8-9,11,14-15,18H,4-7,10,12-13H2,1-3H3,(H,25,28)/t14-,15+,18+/m0/s1. The van der Waals surface area contributed by atoms with Gasteiger partial charge in [0.1, 0.15) is 11.8 Å². The smallest absolute Gasteiger partial charge is 0.261 e. The van der Waals surface area contributed by atoms with Gasteiger partial charge >= 0.3 is 0 Å². The number of piperidine rings is 1. The molecule has 0 unspecified atom stereocenters. The minimum atomic E-state index is -0.453. The normalized spacial score (nSPS) is 24.6. The lowest BCUT2D eigenvalue weighted by atomic mass is 9.72. The number of nitrogens with zero attached hydrogens (tertiary/aromatic N) is 1. The highest BCUT2D eigenvalue weighted by Crippen LogP contribution is 2.39. The maximum atomic E-state index is 13.1. The van der Waals surface area contributed by atoms with E-state index in [0.717, 1.165) is 19.3 Å². The largest absolute Gasteiger partial charge is 0.482 e. The van der Waals surface area contributed by atoms with Gasteiger partial charge in [-0.15, -0.1) is 0 Å². The van der Waals surface area contributed by atoms with Crippen LogP contribution in [0.3, 0.4) is 0 Å². The second kappa shape index (κ2) is 9.13. The first-order valence-corrected chi connectivity index (χ1v) is 11.1. The lowest BCUT2D eigenvalue weighted by molar-refractivity contribution is -0.148. The van der Waals surface area contributed by atoms with Crippen molar-refractivity contribution >= 4 is 35.0 Å². The maximum Gasteiger partial charge on any atom is 0.261 e. The Labute approximate surface area is 183 Å². The van der Waals surface area contributed by atoms with Crippen molar-refractivity contribution < 1.29 is 14.3 Å². The quantitative estimate of drug-likeness (QED) is 0.737. The Hall–Kier alpha value is -1.46. The van der Waals surface area contributed by atoms with Crippen molar-refractivity contribution in [2.24, 2.45) is 11.8 Å². The van der Waals surface area contributed by atoms with Crippen LogP contribution in [0.5, 0.6) is 5.75 Å². The number of hydrogen-bond acceptors (Lipinski definition) is 3. The number of ether oxygens (including phenoxy) is 1. The summed E-state index contributed by atoms with van der Waals surface area (Å²) in [4.78, 5) is 27.8. The van der Waals surface area contributed by atoms with E-state index < -0.39 is 6.04 Å². The predicted octanol–water partition coefficient (Wildman–Crippen LogP) is 4.69. The van der Waals surface area contributed by atoms with Gasteiger partial charge in [-0.1, -0.05) is 42.5 Å². The summed E-state index contributed by atoms with van der Waals surface area (Å²) in [6.45, 7) is 6.32. The van der Waals surface area contributed by atoms with E-state index in [1.54, 1.807) is 23.1 Å². The topological polar surface area (TPSA) is 58.6 Å². The molecule has 0 bridgehead atoms. The molecule has 2 fully saturated rings. The van der Waals surface area contributed by atoms with E-state index in [1.165, 1.54) is 12.8 Å². The molecule has 7 heteroatoms. The summed E-state index contributed by atoms with van der Waals surface area (Å²) < 4.78 is 5.66. The molecule has 1 saturated heterocycles. The number of benzene rings is 1. The fourth-order valence-electron chi connectivity index (χ4n) is 4.42. The lowest BCUT2D eigenvalue weighted by Crippen LogP contribution is -2.59. The SMILES string of the molecule is CC(C)(C)NC(=O)[C@H]1C[C@@H]2CCCC[C@@H]2CN1C(=O)COc1ccc(Cl)cc1Cl. The van der Waals surface area contributed by atoms with Crippen molar-refractivity contribution in [1.29, 1.82) is 0 Å². The Morgan fingerprint density at radius 1 is 1.17 bits per heavy atom. The van der Waals surface area contributed by atoms with Gasteiger partial charge in [-0.3, -0.25) is 9.59 Å². The van der Waals surface area contributed by atoms with Gasteiger partial charge in [0.2, 0.25) is 5.91 Å². The second-order valence-electron chi connectivity index (χ2n) is 9.20. The number of fused-ring (bicyclic) bond motifs is 1. The van der Waals surface area contributed by atoms with Gasteiger partial charge < -0.3 is 15.0 Å². The lowest BCUT2D eigenvalue weighted by Gasteiger charge is -2.46. The van der Waals surface area contributed by atoms with Crippen LogP contribution < -0.4 is 10.1 Å². The highest BCUT2D eigenvalue weighted by atomic mass is 35.5. The summed E-state index contributed by atoms with van der Waals surface area (Å²) in [7, 11) is 0. The monoisotopic (exact) mass is 440 g/mol. The summed E-state index contributed by atoms with van der Waals surface area (Å²) >= 11 is 12.1. The molecule has 1 aromatic carbocycles. The molecule has 5 nitrogen and oxygen atoms in total. The van der Waals surface area contributed by atoms with Crippen LogP contribution in [-0.4, -0.2) is 41.4 Å². The van der Waals surface area contributed by atoms with Crippen LogP contribution in [0.1, 0.15) is 52.9 Å². The number of hydrogen-bond donors (Lipinski definition) is 1. The molecule has 0 aromatic heterocycles. The van der Waals surface area contributed by atoms with Crippen LogP contribution in [0.25, 0.3) is 0 Å². The third-order valence-corrected chi connectivity index (χ3v) is 6.30. The minimum Gasteiger partial charge on any atom is -0.482 e. The Balaban J connectivity index is 1.72. The fraction of sp³-hybridized carbons (Fsp3) is 0.636. The Bertz CT molecular complexity index is 763. The van der Waals surface area contributed by atoms with Gasteiger partial charge in [-0.05, 0) is 63.6 Å². The zero-order valence-electron chi connectivity index (χ0n) is 17.3. The zero-order valence-corrected chi connectivity index (χ0v) is 18.9. The van der Waals surface area contributed by atoms with Crippen LogP contribution in [0.2, 0.25) is 10.0 Å². The van der Waals surface area contributed by atoms with Crippen LogP contribution in [0, 0.1) is 11.8 Å². The van der Waals surface area contributed by atoms with E-state index in [1.807, 2.05) is 20.8 Å². The van der Waals surface area contributed by atoms with Crippen LogP contribution in [0.15, 0.2) is 18.2 Å². The first-order chi connectivity index (χ1) is 13.6. The summed E-state index contributed by atoms with van der Waals surface area (Å²) in [6, 6.07) is 4.44. The van der Waals surface area contributed by atoms with Gasteiger partial charge in [0.25, 0.3) is 5.91 Å². The van der Waals surface area contributed by atoms with Gasteiger partial charge in [-0.25, -0.2) is 0 Å². The molecule has 29 heavy (non-hydrogen) atoms. The molecular weight excluding hydrogens is 411 g/mol. The molecule has 160 valence electrons.